The molecule has 0 amide bonds. The molecule has 1 aliphatic heterocycles. The summed E-state index contributed by atoms with van der Waals surface area (Å²) in [4.78, 5) is 14.7. The zero-order chi connectivity index (χ0) is 25.2. The van der Waals surface area contributed by atoms with Crippen molar-refractivity contribution in [2.75, 3.05) is 18.6 Å². The zero-order valence-corrected chi connectivity index (χ0v) is 22.2. The number of rotatable bonds is 12. The summed E-state index contributed by atoms with van der Waals surface area (Å²) in [5, 5.41) is 6.10. The first-order valence-corrected chi connectivity index (χ1v) is 14.7. The van der Waals surface area contributed by atoms with Crippen molar-refractivity contribution in [3.05, 3.63) is 102 Å². The minimum Gasteiger partial charge on any atom is -0.489 e. The fourth-order valence-corrected chi connectivity index (χ4v) is 5.83. The molecule has 36 heavy (non-hydrogen) atoms. The lowest BCUT2D eigenvalue weighted by molar-refractivity contribution is -0.112. The lowest BCUT2D eigenvalue weighted by Crippen LogP contribution is -2.42. The summed E-state index contributed by atoms with van der Waals surface area (Å²) in [6, 6.07) is 29.1. The standard InChI is InChI=1S/C31H38N2O2S/c1-3-36(2)24-31-32-29(30(22-34)33(31)20-10-15-25-11-6-4-7-12-25)21-26-16-18-28(19-17-26)35-23-27-13-8-5-9-14-27/h3-9,11-14,16-19,22,29-32H,10,15,20-21,23-24H2,1-2H3. The average molecular weight is 503 g/mol. The van der Waals surface area contributed by atoms with Crippen LogP contribution >= 0.6 is 10.5 Å². The van der Waals surface area contributed by atoms with Gasteiger partial charge in [0.25, 0.3) is 0 Å². The summed E-state index contributed by atoms with van der Waals surface area (Å²) >= 11 is 0. The number of nitrogens with zero attached hydrogens (tertiary/aromatic N) is 1. The van der Waals surface area contributed by atoms with Crippen LogP contribution in [0.1, 0.15) is 30.0 Å². The van der Waals surface area contributed by atoms with Crippen molar-refractivity contribution in [3.63, 3.8) is 0 Å². The highest BCUT2D eigenvalue weighted by Gasteiger charge is 2.39. The first kappa shape index (κ1) is 26.3. The molecular formula is C31H38N2O2S. The van der Waals surface area contributed by atoms with Crippen molar-refractivity contribution in [3.8, 4) is 5.75 Å². The Morgan fingerprint density at radius 2 is 1.58 bits per heavy atom. The molecule has 1 aliphatic rings. The molecule has 1 N–H and O–H groups in total. The van der Waals surface area contributed by atoms with Gasteiger partial charge < -0.3 is 9.53 Å². The molecule has 1 fully saturated rings. The van der Waals surface area contributed by atoms with Crippen LogP contribution in [0.15, 0.2) is 84.9 Å². The molecule has 0 radical (unpaired) electrons. The van der Waals surface area contributed by atoms with Gasteiger partial charge in [0, 0.05) is 18.3 Å². The van der Waals surface area contributed by atoms with E-state index in [-0.39, 0.29) is 28.7 Å². The zero-order valence-electron chi connectivity index (χ0n) is 21.4. The summed E-state index contributed by atoms with van der Waals surface area (Å²) in [5.74, 6) is 1.90. The number of ether oxygens (including phenoxy) is 1. The van der Waals surface area contributed by atoms with Crippen molar-refractivity contribution < 1.29 is 9.53 Å². The third-order valence-corrected chi connectivity index (χ3v) is 8.56. The van der Waals surface area contributed by atoms with Gasteiger partial charge >= 0.3 is 0 Å². The van der Waals surface area contributed by atoms with Crippen LogP contribution in [-0.2, 0) is 24.2 Å². The summed E-state index contributed by atoms with van der Waals surface area (Å²) in [5.41, 5.74) is 3.73. The van der Waals surface area contributed by atoms with Gasteiger partial charge in [-0.3, -0.25) is 10.2 Å². The largest absolute Gasteiger partial charge is 0.489 e. The molecular weight excluding hydrogens is 464 g/mol. The van der Waals surface area contributed by atoms with E-state index in [0.717, 1.165) is 49.2 Å². The van der Waals surface area contributed by atoms with Gasteiger partial charge in [-0.05, 0) is 61.3 Å². The van der Waals surface area contributed by atoms with E-state index in [0.29, 0.717) is 6.61 Å². The maximum atomic E-state index is 12.3. The van der Waals surface area contributed by atoms with Gasteiger partial charge in [-0.2, -0.15) is 10.5 Å². The highest BCUT2D eigenvalue weighted by Crippen LogP contribution is 2.25. The quantitative estimate of drug-likeness (QED) is 0.269. The molecule has 3 aromatic rings. The summed E-state index contributed by atoms with van der Waals surface area (Å²) in [7, 11) is 0.210. The molecule has 1 saturated heterocycles. The summed E-state index contributed by atoms with van der Waals surface area (Å²) in [6.45, 7) is 3.61. The monoisotopic (exact) mass is 502 g/mol. The Kier molecular flexibility index (Phi) is 9.91. The topological polar surface area (TPSA) is 41.6 Å². The summed E-state index contributed by atoms with van der Waals surface area (Å²) in [6.07, 6.45) is 6.55. The number of carbonyl (C=O) groups is 1. The molecule has 4 unspecified atom stereocenters. The number of hydrogen-bond donors (Lipinski definition) is 1. The Morgan fingerprint density at radius 1 is 0.917 bits per heavy atom. The van der Waals surface area contributed by atoms with E-state index in [2.05, 4.69) is 83.4 Å². The molecule has 0 saturated carbocycles. The number of benzene rings is 3. The highest BCUT2D eigenvalue weighted by atomic mass is 32.2. The average Bonchev–Trinajstić information content (AvgIpc) is 3.24. The van der Waals surface area contributed by atoms with Crippen LogP contribution in [0.4, 0.5) is 0 Å². The second-order valence-electron chi connectivity index (χ2n) is 9.46. The van der Waals surface area contributed by atoms with Crippen molar-refractivity contribution in [2.24, 2.45) is 0 Å². The van der Waals surface area contributed by atoms with Gasteiger partial charge in [-0.15, -0.1) is 0 Å². The van der Waals surface area contributed by atoms with Crippen molar-refractivity contribution in [2.45, 2.75) is 51.0 Å². The van der Waals surface area contributed by atoms with Crippen molar-refractivity contribution in [1.29, 1.82) is 0 Å². The Morgan fingerprint density at radius 3 is 2.22 bits per heavy atom. The van der Waals surface area contributed by atoms with Gasteiger partial charge in [-0.25, -0.2) is 0 Å². The van der Waals surface area contributed by atoms with Crippen molar-refractivity contribution in [1.82, 2.24) is 10.2 Å². The lowest BCUT2D eigenvalue weighted by Gasteiger charge is -2.27. The predicted octanol–water partition coefficient (Wildman–Crippen LogP) is 5.33. The number of aryl methyl sites for hydroxylation is 1. The highest BCUT2D eigenvalue weighted by molar-refractivity contribution is 8.14. The van der Waals surface area contributed by atoms with Crippen LogP contribution in [0.2, 0.25) is 0 Å². The smallest absolute Gasteiger partial charge is 0.138 e. The van der Waals surface area contributed by atoms with E-state index in [1.165, 1.54) is 11.1 Å². The van der Waals surface area contributed by atoms with E-state index in [4.69, 9.17) is 4.74 Å². The molecule has 1 heterocycles. The SMILES string of the molecule is CC=S(C)CC1NC(Cc2ccc(OCc3ccccc3)cc2)C(C=O)N1CCCc1ccccc1. The fourth-order valence-electron chi connectivity index (χ4n) is 4.85. The minimum absolute atomic E-state index is 0.106. The van der Waals surface area contributed by atoms with Crippen LogP contribution in [0.25, 0.3) is 0 Å². The Hall–Kier alpha value is -2.73. The third kappa shape index (κ3) is 7.39. The molecule has 0 spiro atoms. The fraction of sp³-hybridized carbons (Fsp3) is 0.355. The van der Waals surface area contributed by atoms with Gasteiger partial charge in [0.15, 0.2) is 0 Å². The van der Waals surface area contributed by atoms with Gasteiger partial charge in [0.1, 0.15) is 18.6 Å². The van der Waals surface area contributed by atoms with Crippen molar-refractivity contribution >= 4 is 22.1 Å². The Bertz CT molecular complexity index is 1100. The van der Waals surface area contributed by atoms with Crippen LogP contribution in [0.3, 0.4) is 0 Å². The van der Waals surface area contributed by atoms with Crippen LogP contribution in [-0.4, -0.2) is 53.4 Å². The number of hydrogen-bond acceptors (Lipinski definition) is 4. The maximum Gasteiger partial charge on any atom is 0.138 e. The van der Waals surface area contributed by atoms with Crippen LogP contribution in [0.5, 0.6) is 5.75 Å². The third-order valence-electron chi connectivity index (χ3n) is 6.92. The molecule has 4 nitrogen and oxygen atoms in total. The van der Waals surface area contributed by atoms with Crippen LogP contribution < -0.4 is 10.1 Å². The minimum atomic E-state index is -0.117. The Labute approximate surface area is 218 Å². The van der Waals surface area contributed by atoms with Gasteiger partial charge in [0.05, 0.1) is 12.2 Å². The predicted molar refractivity (Wildman–Crippen MR) is 153 cm³/mol. The van der Waals surface area contributed by atoms with Gasteiger partial charge in [-0.1, -0.05) is 78.2 Å². The second kappa shape index (κ2) is 13.5. The number of aldehydes is 1. The lowest BCUT2D eigenvalue weighted by atomic mass is 10.0. The Balaban J connectivity index is 1.38. The van der Waals surface area contributed by atoms with Crippen LogP contribution in [0, 0.1) is 0 Å². The number of carbonyl (C=O) groups excluding carboxylic acids is 1. The van der Waals surface area contributed by atoms with E-state index in [1.807, 2.05) is 30.3 Å². The molecule has 0 aromatic heterocycles. The van der Waals surface area contributed by atoms with E-state index in [1.54, 1.807) is 0 Å². The van der Waals surface area contributed by atoms with E-state index >= 15 is 0 Å². The molecule has 4 atom stereocenters. The molecule has 190 valence electrons. The first-order chi connectivity index (χ1) is 17.7. The molecule has 3 aromatic carbocycles. The first-order valence-electron chi connectivity index (χ1n) is 12.8. The molecule has 5 heteroatoms. The number of nitrogens with one attached hydrogen (secondary N) is 1. The summed E-state index contributed by atoms with van der Waals surface area (Å²) < 4.78 is 5.95. The molecule has 0 aliphatic carbocycles. The van der Waals surface area contributed by atoms with E-state index < -0.39 is 0 Å². The normalized spacial score (nSPS) is 20.9. The van der Waals surface area contributed by atoms with E-state index in [9.17, 15) is 4.79 Å². The van der Waals surface area contributed by atoms with Gasteiger partial charge in [0.2, 0.25) is 0 Å². The second-order valence-corrected chi connectivity index (χ2v) is 11.6. The molecule has 0 bridgehead atoms. The maximum absolute atomic E-state index is 12.3. The molecule has 4 rings (SSSR count).